The van der Waals surface area contributed by atoms with Crippen molar-refractivity contribution in [1.29, 1.82) is 0 Å². The van der Waals surface area contributed by atoms with Gasteiger partial charge in [-0.2, -0.15) is 0 Å². The Labute approximate surface area is 104 Å². The predicted octanol–water partition coefficient (Wildman–Crippen LogP) is 3.62. The van der Waals surface area contributed by atoms with Crippen LogP contribution in [0.3, 0.4) is 0 Å². The van der Waals surface area contributed by atoms with Gasteiger partial charge in [0.2, 0.25) is 0 Å². The zero-order chi connectivity index (χ0) is 12.7. The summed E-state index contributed by atoms with van der Waals surface area (Å²) < 4.78 is 0. The van der Waals surface area contributed by atoms with Crippen molar-refractivity contribution in [3.05, 3.63) is 73.9 Å². The van der Waals surface area contributed by atoms with Crippen LogP contribution in [0.15, 0.2) is 68.3 Å². The van der Waals surface area contributed by atoms with Crippen molar-refractivity contribution in [2.24, 2.45) is 0 Å². The lowest BCUT2D eigenvalue weighted by Crippen LogP contribution is -2.22. The molecule has 0 aliphatic heterocycles. The summed E-state index contributed by atoms with van der Waals surface area (Å²) in [7, 11) is 0. The van der Waals surface area contributed by atoms with Crippen LogP contribution >= 0.6 is 0 Å². The first kappa shape index (κ1) is 13.5. The van der Waals surface area contributed by atoms with Crippen molar-refractivity contribution in [2.45, 2.75) is 24.4 Å². The summed E-state index contributed by atoms with van der Waals surface area (Å²) in [5, 5.41) is 9.57. The van der Waals surface area contributed by atoms with E-state index < -0.39 is 6.10 Å². The number of benzene rings is 1. The Bertz CT molecular complexity index is 370. The van der Waals surface area contributed by atoms with Crippen LogP contribution in [0.1, 0.15) is 18.4 Å². The average Bonchev–Trinajstić information content (AvgIpc) is 2.41. The maximum atomic E-state index is 9.57. The molecule has 0 saturated heterocycles. The highest BCUT2D eigenvalue weighted by atomic mass is 16.3. The first-order chi connectivity index (χ1) is 8.18. The Hall–Kier alpha value is -1.60. The Kier molecular flexibility index (Phi) is 4.92. The van der Waals surface area contributed by atoms with Gasteiger partial charge >= 0.3 is 0 Å². The monoisotopic (exact) mass is 228 g/mol. The lowest BCUT2D eigenvalue weighted by atomic mass is 9.76. The van der Waals surface area contributed by atoms with Gasteiger partial charge in [-0.25, -0.2) is 0 Å². The highest BCUT2D eigenvalue weighted by molar-refractivity contribution is 5.35. The van der Waals surface area contributed by atoms with Crippen LogP contribution in [0, 0.1) is 0 Å². The summed E-state index contributed by atoms with van der Waals surface area (Å²) >= 11 is 0. The first-order valence-corrected chi connectivity index (χ1v) is 5.82. The first-order valence-electron chi connectivity index (χ1n) is 5.82. The van der Waals surface area contributed by atoms with Crippen molar-refractivity contribution in [3.8, 4) is 0 Å². The van der Waals surface area contributed by atoms with Gasteiger partial charge in [-0.1, -0.05) is 48.6 Å². The molecule has 0 aliphatic carbocycles. The van der Waals surface area contributed by atoms with Gasteiger partial charge in [-0.15, -0.1) is 19.7 Å². The van der Waals surface area contributed by atoms with E-state index in [1.807, 2.05) is 30.4 Å². The van der Waals surface area contributed by atoms with E-state index in [1.165, 1.54) is 0 Å². The number of rotatable bonds is 7. The van der Waals surface area contributed by atoms with Crippen LogP contribution < -0.4 is 0 Å². The topological polar surface area (TPSA) is 20.2 Å². The molecule has 1 unspecified atom stereocenters. The molecular formula is C16H20O. The fourth-order valence-corrected chi connectivity index (χ4v) is 1.92. The van der Waals surface area contributed by atoms with Gasteiger partial charge in [-0.05, 0) is 18.4 Å². The maximum absolute atomic E-state index is 9.57. The van der Waals surface area contributed by atoms with E-state index in [-0.39, 0.29) is 5.41 Å². The smallest absolute Gasteiger partial charge is 0.0718 e. The van der Waals surface area contributed by atoms with Crippen molar-refractivity contribution >= 4 is 0 Å². The molecule has 1 rings (SSSR count). The molecule has 0 amide bonds. The average molecular weight is 228 g/mol. The third-order valence-corrected chi connectivity index (χ3v) is 3.17. The Balaban J connectivity index is 2.93. The second kappa shape index (κ2) is 6.21. The van der Waals surface area contributed by atoms with Gasteiger partial charge in [0.25, 0.3) is 0 Å². The summed E-state index contributed by atoms with van der Waals surface area (Å²) in [6.45, 7) is 11.4. The molecule has 1 aromatic rings. The van der Waals surface area contributed by atoms with E-state index in [0.717, 1.165) is 12.0 Å². The quantitative estimate of drug-likeness (QED) is 0.707. The predicted molar refractivity (Wildman–Crippen MR) is 74.0 cm³/mol. The third-order valence-electron chi connectivity index (χ3n) is 3.17. The van der Waals surface area contributed by atoms with E-state index in [0.29, 0.717) is 6.42 Å². The number of allylic oxidation sites excluding steroid dienone is 2. The van der Waals surface area contributed by atoms with Crippen LogP contribution in [0.5, 0.6) is 0 Å². The summed E-state index contributed by atoms with van der Waals surface area (Å²) in [6, 6.07) is 10.1. The number of aliphatic hydroxyl groups excluding tert-OH is 1. The largest absolute Gasteiger partial charge is 0.389 e. The molecule has 0 aromatic heterocycles. The second-order valence-electron chi connectivity index (χ2n) is 4.16. The van der Waals surface area contributed by atoms with Gasteiger partial charge in [0, 0.05) is 5.41 Å². The van der Waals surface area contributed by atoms with Gasteiger partial charge < -0.3 is 5.11 Å². The van der Waals surface area contributed by atoms with Crippen LogP contribution in [0.4, 0.5) is 0 Å². The van der Waals surface area contributed by atoms with Crippen LogP contribution in [-0.2, 0) is 5.41 Å². The third kappa shape index (κ3) is 3.18. The van der Waals surface area contributed by atoms with E-state index in [2.05, 4.69) is 31.9 Å². The minimum absolute atomic E-state index is 0.273. The Morgan fingerprint density at radius 3 is 2.18 bits per heavy atom. The lowest BCUT2D eigenvalue weighted by molar-refractivity contribution is 0.204. The number of hydrogen-bond donors (Lipinski definition) is 1. The highest BCUT2D eigenvalue weighted by Crippen LogP contribution is 2.32. The van der Waals surface area contributed by atoms with Crippen LogP contribution in [0.2, 0.25) is 0 Å². The van der Waals surface area contributed by atoms with E-state index >= 15 is 0 Å². The van der Waals surface area contributed by atoms with Crippen LogP contribution in [0.25, 0.3) is 0 Å². The molecule has 0 bridgehead atoms. The molecule has 90 valence electrons. The highest BCUT2D eigenvalue weighted by Gasteiger charge is 2.25. The standard InChI is InChI=1S/C16H20O/c1-4-15(17)12-13-16(5-2,6-3)14-10-8-7-9-11-14/h4-11,15,17H,1-3,12-13H2. The van der Waals surface area contributed by atoms with Gasteiger partial charge in [0.05, 0.1) is 6.10 Å². The molecule has 0 heterocycles. The molecule has 0 aliphatic rings. The summed E-state index contributed by atoms with van der Waals surface area (Å²) in [6.07, 6.45) is 6.30. The summed E-state index contributed by atoms with van der Waals surface area (Å²) in [4.78, 5) is 0. The SMILES string of the molecule is C=CC(O)CCC(C=C)(C=C)c1ccccc1. The molecule has 1 N–H and O–H groups in total. The molecule has 17 heavy (non-hydrogen) atoms. The molecule has 1 atom stereocenters. The molecule has 0 radical (unpaired) electrons. The van der Waals surface area contributed by atoms with Gasteiger partial charge in [0.15, 0.2) is 0 Å². The fraction of sp³-hybridized carbons (Fsp3) is 0.250. The zero-order valence-electron chi connectivity index (χ0n) is 10.2. The van der Waals surface area contributed by atoms with Gasteiger partial charge in [0.1, 0.15) is 0 Å². The minimum atomic E-state index is -0.474. The van der Waals surface area contributed by atoms with E-state index in [1.54, 1.807) is 6.08 Å². The minimum Gasteiger partial charge on any atom is -0.389 e. The summed E-state index contributed by atoms with van der Waals surface area (Å²) in [5.74, 6) is 0. The molecule has 1 aromatic carbocycles. The molecular weight excluding hydrogens is 208 g/mol. The maximum Gasteiger partial charge on any atom is 0.0718 e. The van der Waals surface area contributed by atoms with Crippen molar-refractivity contribution < 1.29 is 5.11 Å². The van der Waals surface area contributed by atoms with Crippen molar-refractivity contribution in [1.82, 2.24) is 0 Å². The van der Waals surface area contributed by atoms with Gasteiger partial charge in [-0.3, -0.25) is 0 Å². The second-order valence-corrected chi connectivity index (χ2v) is 4.16. The van der Waals surface area contributed by atoms with E-state index in [4.69, 9.17) is 0 Å². The number of hydrogen-bond acceptors (Lipinski definition) is 1. The molecule has 0 fully saturated rings. The molecule has 0 spiro atoms. The zero-order valence-corrected chi connectivity index (χ0v) is 10.2. The van der Waals surface area contributed by atoms with Crippen LogP contribution in [-0.4, -0.2) is 11.2 Å². The van der Waals surface area contributed by atoms with Crippen molar-refractivity contribution in [2.75, 3.05) is 0 Å². The van der Waals surface area contributed by atoms with Crippen molar-refractivity contribution in [3.63, 3.8) is 0 Å². The Morgan fingerprint density at radius 2 is 1.71 bits per heavy atom. The fourth-order valence-electron chi connectivity index (χ4n) is 1.92. The molecule has 1 heteroatoms. The normalized spacial score (nSPS) is 12.8. The summed E-state index contributed by atoms with van der Waals surface area (Å²) in [5.41, 5.74) is 0.881. The van der Waals surface area contributed by atoms with E-state index in [9.17, 15) is 5.11 Å². The molecule has 1 nitrogen and oxygen atoms in total. The Morgan fingerprint density at radius 1 is 1.12 bits per heavy atom. The molecule has 0 saturated carbocycles. The number of aliphatic hydroxyl groups is 1. The lowest BCUT2D eigenvalue weighted by Gasteiger charge is -2.28.